The van der Waals surface area contributed by atoms with E-state index in [9.17, 15) is 27.6 Å². The number of aromatic amines is 1. The lowest BCUT2D eigenvalue weighted by Crippen LogP contribution is -2.42. The minimum atomic E-state index is -4.73. The summed E-state index contributed by atoms with van der Waals surface area (Å²) in [7, 11) is 1.19. The van der Waals surface area contributed by atoms with E-state index < -0.39 is 36.3 Å². The molecule has 0 radical (unpaired) electrons. The number of methoxy groups -OCH3 is 1. The first kappa shape index (κ1) is 27.2. The highest BCUT2D eigenvalue weighted by atomic mass is 19.4. The molecule has 12 nitrogen and oxygen atoms in total. The molecule has 3 heterocycles. The molecule has 0 unspecified atom stereocenters. The molecular weight excluding hydrogens is 501 g/mol. The van der Waals surface area contributed by atoms with Crippen molar-refractivity contribution in [2.24, 2.45) is 0 Å². The Morgan fingerprint density at radius 3 is 2.59 bits per heavy atom. The Morgan fingerprint density at radius 1 is 1.22 bits per heavy atom. The van der Waals surface area contributed by atoms with Crippen molar-refractivity contribution in [2.45, 2.75) is 39.1 Å². The van der Waals surface area contributed by atoms with Crippen molar-refractivity contribution >= 4 is 23.8 Å². The van der Waals surface area contributed by atoms with Gasteiger partial charge in [-0.15, -0.1) is 0 Å². The zero-order chi connectivity index (χ0) is 27.4. The summed E-state index contributed by atoms with van der Waals surface area (Å²) in [6, 6.07) is 2.53. The van der Waals surface area contributed by atoms with Gasteiger partial charge in [0.2, 0.25) is 5.89 Å². The van der Waals surface area contributed by atoms with E-state index in [4.69, 9.17) is 9.15 Å². The van der Waals surface area contributed by atoms with Crippen LogP contribution in [-0.2, 0) is 16.0 Å². The van der Waals surface area contributed by atoms with Crippen LogP contribution in [-0.4, -0.2) is 63.6 Å². The minimum Gasteiger partial charge on any atom is -0.464 e. The number of carbonyl (C=O) groups excluding carboxylic acids is 3. The molecule has 0 bridgehead atoms. The van der Waals surface area contributed by atoms with Crippen LogP contribution in [0.15, 0.2) is 35.2 Å². The van der Waals surface area contributed by atoms with Crippen LogP contribution >= 0.6 is 0 Å². The monoisotopic (exact) mass is 524 g/mol. The normalized spacial score (nSPS) is 11.6. The summed E-state index contributed by atoms with van der Waals surface area (Å²) in [5.74, 6) is -1.81. The van der Waals surface area contributed by atoms with Crippen LogP contribution in [0.3, 0.4) is 0 Å². The van der Waals surface area contributed by atoms with E-state index in [0.717, 1.165) is 18.5 Å². The lowest BCUT2D eigenvalue weighted by atomic mass is 10.2. The maximum Gasteiger partial charge on any atom is 0.416 e. The molecule has 0 aliphatic carbocycles. The SMILES string of the molecule is COC(=O)c1n[nH]cc1CNC(=O)c1coc(-c2ccnc(N(CC(F)(F)F)C(=O)OC(C)(C)C)c2)n1. The molecule has 0 aromatic carbocycles. The van der Waals surface area contributed by atoms with Crippen molar-refractivity contribution < 1.29 is 41.4 Å². The van der Waals surface area contributed by atoms with Gasteiger partial charge in [0.1, 0.15) is 24.2 Å². The van der Waals surface area contributed by atoms with Gasteiger partial charge in [0.05, 0.1) is 7.11 Å². The molecule has 0 fully saturated rings. The Hall–Kier alpha value is -4.43. The molecule has 15 heteroatoms. The second-order valence-electron chi connectivity index (χ2n) is 8.56. The van der Waals surface area contributed by atoms with Crippen molar-refractivity contribution in [1.82, 2.24) is 25.5 Å². The number of amides is 2. The van der Waals surface area contributed by atoms with Gasteiger partial charge in [-0.3, -0.25) is 14.8 Å². The Balaban J connectivity index is 1.78. The summed E-state index contributed by atoms with van der Waals surface area (Å²) in [6.45, 7) is 2.83. The topological polar surface area (TPSA) is 153 Å². The number of oxazole rings is 1. The third kappa shape index (κ3) is 7.28. The number of hydrogen-bond acceptors (Lipinski definition) is 9. The lowest BCUT2D eigenvalue weighted by molar-refractivity contribution is -0.119. The molecule has 2 N–H and O–H groups in total. The van der Waals surface area contributed by atoms with Gasteiger partial charge in [-0.2, -0.15) is 18.3 Å². The smallest absolute Gasteiger partial charge is 0.416 e. The van der Waals surface area contributed by atoms with Crippen molar-refractivity contribution in [3.63, 3.8) is 0 Å². The molecule has 3 aromatic heterocycles. The number of anilines is 1. The number of esters is 1. The van der Waals surface area contributed by atoms with E-state index in [-0.39, 0.29) is 35.2 Å². The molecule has 198 valence electrons. The fraction of sp³-hybridized carbons (Fsp3) is 0.364. The minimum absolute atomic E-state index is 0.00125. The number of carbonyl (C=O) groups is 3. The number of nitrogens with one attached hydrogen (secondary N) is 2. The summed E-state index contributed by atoms with van der Waals surface area (Å²) in [5.41, 5.74) is -0.661. The molecule has 0 aliphatic rings. The van der Waals surface area contributed by atoms with Gasteiger partial charge in [0, 0.05) is 30.1 Å². The summed E-state index contributed by atoms with van der Waals surface area (Å²) in [6.07, 6.45) is -2.35. The van der Waals surface area contributed by atoms with Crippen LogP contribution in [0.4, 0.5) is 23.8 Å². The van der Waals surface area contributed by atoms with Crippen LogP contribution < -0.4 is 10.2 Å². The van der Waals surface area contributed by atoms with E-state index in [1.54, 1.807) is 0 Å². The maximum atomic E-state index is 13.2. The highest BCUT2D eigenvalue weighted by molar-refractivity contribution is 5.93. The number of hydrogen-bond donors (Lipinski definition) is 2. The quantitative estimate of drug-likeness (QED) is 0.442. The van der Waals surface area contributed by atoms with E-state index in [1.807, 2.05) is 0 Å². The Bertz CT molecular complexity index is 1280. The summed E-state index contributed by atoms with van der Waals surface area (Å²) < 4.78 is 54.6. The molecule has 3 aromatic rings. The van der Waals surface area contributed by atoms with Gasteiger partial charge in [-0.1, -0.05) is 0 Å². The molecule has 2 amide bonds. The van der Waals surface area contributed by atoms with E-state index in [0.29, 0.717) is 10.5 Å². The number of rotatable bonds is 7. The van der Waals surface area contributed by atoms with Gasteiger partial charge in [-0.05, 0) is 32.9 Å². The first-order valence-corrected chi connectivity index (χ1v) is 10.7. The largest absolute Gasteiger partial charge is 0.464 e. The number of pyridine rings is 1. The molecular formula is C22H23F3N6O6. The van der Waals surface area contributed by atoms with Gasteiger partial charge >= 0.3 is 18.2 Å². The average Bonchev–Trinajstić information content (AvgIpc) is 3.49. The van der Waals surface area contributed by atoms with Crippen LogP contribution in [0.5, 0.6) is 0 Å². The first-order valence-electron chi connectivity index (χ1n) is 10.7. The Labute approximate surface area is 208 Å². The zero-order valence-corrected chi connectivity index (χ0v) is 20.2. The molecule has 0 saturated heterocycles. The zero-order valence-electron chi connectivity index (χ0n) is 20.2. The third-order valence-electron chi connectivity index (χ3n) is 4.49. The summed E-state index contributed by atoms with van der Waals surface area (Å²) in [5, 5.41) is 8.80. The van der Waals surface area contributed by atoms with Gasteiger partial charge in [-0.25, -0.2) is 19.6 Å². The molecule has 0 saturated carbocycles. The molecule has 0 aliphatic heterocycles. The van der Waals surface area contributed by atoms with E-state index in [2.05, 4.69) is 30.2 Å². The number of halogens is 3. The average molecular weight is 524 g/mol. The second-order valence-corrected chi connectivity index (χ2v) is 8.56. The van der Waals surface area contributed by atoms with Crippen molar-refractivity contribution in [3.05, 3.63) is 47.7 Å². The van der Waals surface area contributed by atoms with Gasteiger partial charge in [0.15, 0.2) is 11.4 Å². The van der Waals surface area contributed by atoms with Crippen LogP contribution in [0.1, 0.15) is 47.3 Å². The van der Waals surface area contributed by atoms with Gasteiger partial charge < -0.3 is 19.2 Å². The summed E-state index contributed by atoms with van der Waals surface area (Å²) >= 11 is 0. The Morgan fingerprint density at radius 2 is 1.95 bits per heavy atom. The number of aromatic nitrogens is 4. The van der Waals surface area contributed by atoms with E-state index in [1.165, 1.54) is 40.1 Å². The third-order valence-corrected chi connectivity index (χ3v) is 4.49. The van der Waals surface area contributed by atoms with Crippen molar-refractivity contribution in [1.29, 1.82) is 0 Å². The van der Waals surface area contributed by atoms with Gasteiger partial charge in [0.25, 0.3) is 5.91 Å². The predicted molar refractivity (Wildman–Crippen MR) is 120 cm³/mol. The Kier molecular flexibility index (Phi) is 7.84. The number of alkyl halides is 3. The van der Waals surface area contributed by atoms with E-state index >= 15 is 0 Å². The van der Waals surface area contributed by atoms with Crippen molar-refractivity contribution in [2.75, 3.05) is 18.6 Å². The molecule has 0 atom stereocenters. The van der Waals surface area contributed by atoms with Crippen LogP contribution in [0.25, 0.3) is 11.5 Å². The highest BCUT2D eigenvalue weighted by Gasteiger charge is 2.36. The molecule has 0 spiro atoms. The maximum absolute atomic E-state index is 13.2. The lowest BCUT2D eigenvalue weighted by Gasteiger charge is -2.27. The fourth-order valence-electron chi connectivity index (χ4n) is 2.93. The standard InChI is InChI=1S/C22H23F3N6O6/c1-21(2,3)37-20(34)31(11-22(23,24)25)15-7-12(5-6-26-15)18-29-14(10-36-18)17(32)27-8-13-9-28-30-16(13)19(33)35-4/h5-7,9-10H,8,11H2,1-4H3,(H,27,32)(H,28,30). The first-order chi connectivity index (χ1) is 17.3. The molecule has 3 rings (SSSR count). The molecule has 37 heavy (non-hydrogen) atoms. The van der Waals surface area contributed by atoms with Crippen LogP contribution in [0, 0.1) is 0 Å². The van der Waals surface area contributed by atoms with Crippen molar-refractivity contribution in [3.8, 4) is 11.5 Å². The summed E-state index contributed by atoms with van der Waals surface area (Å²) in [4.78, 5) is 44.9. The highest BCUT2D eigenvalue weighted by Crippen LogP contribution is 2.27. The van der Waals surface area contributed by atoms with Crippen LogP contribution in [0.2, 0.25) is 0 Å². The predicted octanol–water partition coefficient (Wildman–Crippen LogP) is 3.48. The second kappa shape index (κ2) is 10.7. The number of nitrogens with zero attached hydrogens (tertiary/aromatic N) is 4. The number of H-pyrrole nitrogens is 1. The number of ether oxygens (including phenoxy) is 2. The fourth-order valence-corrected chi connectivity index (χ4v) is 2.93.